The topological polar surface area (TPSA) is 280 Å². The molecular weight excluding hydrogens is 720 g/mol. The van der Waals surface area contributed by atoms with Crippen LogP contribution in [-0.4, -0.2) is 111 Å². The highest BCUT2D eigenvalue weighted by atomic mass is 32.3. The fourth-order valence-corrected chi connectivity index (χ4v) is 6.13. The number of nitrogens with one attached hydrogen (secondary N) is 2. The Morgan fingerprint density at radius 3 is 2.63 bits per heavy atom. The van der Waals surface area contributed by atoms with Gasteiger partial charge in [0.2, 0.25) is 0 Å². The Bertz CT molecular complexity index is 1910. The third kappa shape index (κ3) is 8.74. The molecule has 0 radical (unpaired) electrons. The average Bonchev–Trinajstić information content (AvgIpc) is 3.67. The first-order valence-corrected chi connectivity index (χ1v) is 17.5. The van der Waals surface area contributed by atoms with E-state index in [4.69, 9.17) is 25.6 Å². The number of thiazole rings is 1. The number of aryl methyl sites for hydroxylation is 1. The summed E-state index contributed by atoms with van der Waals surface area (Å²) in [4.78, 5) is 51.4. The number of amides is 2. The summed E-state index contributed by atoms with van der Waals surface area (Å²) >= 11 is 0.940. The summed E-state index contributed by atoms with van der Waals surface area (Å²) in [5.74, 6) is -2.89. The molecule has 0 aromatic carbocycles. The van der Waals surface area contributed by atoms with Crippen LogP contribution in [-0.2, 0) is 46.9 Å². The van der Waals surface area contributed by atoms with Crippen LogP contribution < -0.4 is 31.4 Å². The summed E-state index contributed by atoms with van der Waals surface area (Å²) in [6.45, 7) is 3.31. The van der Waals surface area contributed by atoms with E-state index in [1.807, 2.05) is 10.8 Å². The van der Waals surface area contributed by atoms with Gasteiger partial charge in [0, 0.05) is 31.0 Å². The zero-order valence-corrected chi connectivity index (χ0v) is 28.9. The average molecular weight is 756 g/mol. The maximum atomic E-state index is 14.9. The molecule has 1 unspecified atom stereocenters. The van der Waals surface area contributed by atoms with E-state index in [1.54, 1.807) is 23.0 Å². The zero-order chi connectivity index (χ0) is 37.1. The first kappa shape index (κ1) is 37.4. The lowest BCUT2D eigenvalue weighted by Gasteiger charge is -2.50. The molecule has 2 aliphatic rings. The number of pyridine rings is 1. The number of β-lactam (4-membered cyclic amide) rings is 1. The van der Waals surface area contributed by atoms with Crippen molar-refractivity contribution in [2.75, 3.05) is 32.0 Å². The van der Waals surface area contributed by atoms with Gasteiger partial charge in [-0.05, 0) is 32.9 Å². The Balaban J connectivity index is 1.26. The van der Waals surface area contributed by atoms with Gasteiger partial charge in [-0.2, -0.15) is 13.5 Å². The number of oxime groups is 1. The lowest BCUT2D eigenvalue weighted by molar-refractivity contribution is -0.599. The van der Waals surface area contributed by atoms with Crippen LogP contribution in [0.4, 0.5) is 9.52 Å². The summed E-state index contributed by atoms with van der Waals surface area (Å²) < 4.78 is 59.5. The molecule has 5 rings (SSSR count). The number of anilines is 1. The molecule has 20 nitrogen and oxygen atoms in total. The Morgan fingerprint density at radius 1 is 1.33 bits per heavy atom. The molecule has 5 heterocycles. The second kappa shape index (κ2) is 14.8. The van der Waals surface area contributed by atoms with E-state index in [9.17, 15) is 32.3 Å². The van der Waals surface area contributed by atoms with Crippen LogP contribution in [0.1, 0.15) is 31.7 Å². The van der Waals surface area contributed by atoms with Gasteiger partial charge in [-0.3, -0.25) is 18.7 Å². The first-order chi connectivity index (χ1) is 24.0. The van der Waals surface area contributed by atoms with Crippen molar-refractivity contribution in [2.45, 2.75) is 56.6 Å². The molecular formula is C28H36FN10O10S2+. The molecule has 3 aromatic heterocycles. The fourth-order valence-electron chi connectivity index (χ4n) is 5.13. The van der Waals surface area contributed by atoms with E-state index >= 15 is 0 Å². The number of hydroxylamine groups is 2. The maximum Gasteiger partial charge on any atom is 0.418 e. The van der Waals surface area contributed by atoms with Crippen molar-refractivity contribution in [3.05, 3.63) is 47.6 Å². The molecule has 51 heavy (non-hydrogen) atoms. The molecule has 23 heteroatoms. The lowest BCUT2D eigenvalue weighted by atomic mass is 9.84. The second-order valence-corrected chi connectivity index (χ2v) is 14.1. The van der Waals surface area contributed by atoms with Crippen LogP contribution in [0.25, 0.3) is 5.82 Å². The lowest BCUT2D eigenvalue weighted by Crippen LogP contribution is -2.76. The highest BCUT2D eigenvalue weighted by Crippen LogP contribution is 2.33. The Labute approximate surface area is 294 Å². The first-order valence-electron chi connectivity index (χ1n) is 15.3. The number of aromatic nitrogens is 4. The quantitative estimate of drug-likeness (QED) is 0.0301. The number of nitrogens with zero attached hydrogens (tertiary/aromatic N) is 6. The van der Waals surface area contributed by atoms with Gasteiger partial charge in [-0.1, -0.05) is 5.16 Å². The predicted molar refractivity (Wildman–Crippen MR) is 174 cm³/mol. The van der Waals surface area contributed by atoms with Crippen LogP contribution in [0.5, 0.6) is 5.75 Å². The smallest absolute Gasteiger partial charge is 0.418 e. The van der Waals surface area contributed by atoms with Gasteiger partial charge in [-0.15, -0.1) is 20.6 Å². The molecule has 2 aliphatic heterocycles. The predicted octanol–water partition coefficient (Wildman–Crippen LogP) is -1.51. The number of carboxylic acid groups (broad SMARTS) is 1. The summed E-state index contributed by atoms with van der Waals surface area (Å²) in [7, 11) is -5.04. The van der Waals surface area contributed by atoms with Crippen LogP contribution >= 0.6 is 11.3 Å². The number of nitrogen functional groups attached to an aromatic ring is 1. The van der Waals surface area contributed by atoms with Gasteiger partial charge in [0.15, 0.2) is 28.6 Å². The Hall–Kier alpha value is -4.81. The Kier molecular flexibility index (Phi) is 10.9. The van der Waals surface area contributed by atoms with Crippen LogP contribution in [0.2, 0.25) is 0 Å². The number of alkyl halides is 1. The molecule has 0 aliphatic carbocycles. The SMILES string of the molecule is CC1(C)C(NC(=O)/C(=N\O[C@@H](COc2ccc(-[n+]3cc(CCCN)n(CC4(F)CNC4)c3)nc2)C(=O)O)c2csc(N)n2)C(=O)N1OS(=O)(=O)O. The number of ether oxygens (including phenoxy) is 1. The molecule has 8 N–H and O–H groups in total. The van der Waals surface area contributed by atoms with Crippen LogP contribution in [0.3, 0.4) is 0 Å². The number of rotatable bonds is 17. The minimum absolute atomic E-state index is 0.0378. The monoisotopic (exact) mass is 755 g/mol. The normalized spacial score (nSPS) is 18.8. The number of hydrogen-bond acceptors (Lipinski definition) is 15. The van der Waals surface area contributed by atoms with Gasteiger partial charge in [-0.25, -0.2) is 18.7 Å². The zero-order valence-electron chi connectivity index (χ0n) is 27.3. The van der Waals surface area contributed by atoms with Gasteiger partial charge in [0.1, 0.15) is 43.0 Å². The third-order valence-corrected chi connectivity index (χ3v) is 8.94. The highest BCUT2D eigenvalue weighted by molar-refractivity contribution is 7.80. The summed E-state index contributed by atoms with van der Waals surface area (Å²) in [6, 6.07) is 1.82. The van der Waals surface area contributed by atoms with Crippen molar-refractivity contribution in [1.29, 1.82) is 0 Å². The van der Waals surface area contributed by atoms with Crippen molar-refractivity contribution in [3.63, 3.8) is 0 Å². The van der Waals surface area contributed by atoms with Crippen molar-refractivity contribution >= 4 is 50.4 Å². The van der Waals surface area contributed by atoms with Gasteiger partial charge < -0.3 is 36.8 Å². The largest absolute Gasteiger partial charge is 0.486 e. The standard InChI is InChI=1S/C28H35FN10O10S2/c1-27(2)22(24(41)39(27)49-51(44,45)46)35-23(40)21(18-11-50-26(31)34-18)36-48-19(25(42)43)10-47-17-5-6-20(33-8-17)37-9-16(4-3-7-30)38(15-37)14-28(29)12-32-13-28/h5-6,8-9,11,15,19,22,32H,3-4,7,10,12-14,30H2,1-2H3,(H4-,31,34,35,40,42,43,44,45,46)/p+1/b36-21-/t19-,22?/m0/s1. The molecule has 3 aromatic rings. The molecule has 2 atom stereocenters. The fraction of sp³-hybridized carbons (Fsp3) is 0.464. The van der Waals surface area contributed by atoms with Crippen molar-refractivity contribution in [2.24, 2.45) is 10.9 Å². The van der Waals surface area contributed by atoms with E-state index in [0.717, 1.165) is 23.5 Å². The minimum atomic E-state index is -5.04. The number of carbonyl (C=O) groups excluding carboxylic acids is 2. The molecule has 2 saturated heterocycles. The van der Waals surface area contributed by atoms with E-state index in [1.165, 1.54) is 25.4 Å². The Morgan fingerprint density at radius 2 is 2.08 bits per heavy atom. The minimum Gasteiger partial charge on any atom is -0.486 e. The molecule has 276 valence electrons. The van der Waals surface area contributed by atoms with E-state index in [2.05, 4.69) is 30.0 Å². The van der Waals surface area contributed by atoms with Crippen molar-refractivity contribution < 1.29 is 55.3 Å². The number of nitrogens with two attached hydrogens (primary N) is 2. The number of carboxylic acids is 1. The number of imidazole rings is 1. The van der Waals surface area contributed by atoms with Gasteiger partial charge in [0.05, 0.1) is 5.54 Å². The number of carbonyl (C=O) groups is 3. The van der Waals surface area contributed by atoms with E-state index in [0.29, 0.717) is 23.8 Å². The maximum absolute atomic E-state index is 14.9. The van der Waals surface area contributed by atoms with Crippen molar-refractivity contribution in [3.8, 4) is 11.6 Å². The molecule has 2 amide bonds. The highest BCUT2D eigenvalue weighted by Gasteiger charge is 2.58. The third-order valence-electron chi connectivity index (χ3n) is 7.93. The molecule has 0 bridgehead atoms. The molecule has 0 saturated carbocycles. The van der Waals surface area contributed by atoms with Gasteiger partial charge >= 0.3 is 16.4 Å². The summed E-state index contributed by atoms with van der Waals surface area (Å²) in [6.07, 6.45) is 4.57. The summed E-state index contributed by atoms with van der Waals surface area (Å²) in [5, 5.41) is 20.5. The number of aliphatic carboxylic acids is 1. The summed E-state index contributed by atoms with van der Waals surface area (Å²) in [5.41, 5.74) is 8.81. The molecule has 0 spiro atoms. The van der Waals surface area contributed by atoms with Crippen LogP contribution in [0.15, 0.2) is 41.4 Å². The number of hydrogen-bond donors (Lipinski definition) is 6. The van der Waals surface area contributed by atoms with Crippen LogP contribution in [0, 0.1) is 0 Å². The van der Waals surface area contributed by atoms with E-state index < -0.39 is 63.9 Å². The van der Waals surface area contributed by atoms with E-state index in [-0.39, 0.29) is 36.2 Å². The van der Waals surface area contributed by atoms with Crippen molar-refractivity contribution in [1.82, 2.24) is 30.2 Å². The second-order valence-electron chi connectivity index (χ2n) is 12.2. The number of halogens is 1. The van der Waals surface area contributed by atoms with Gasteiger partial charge in [0.25, 0.3) is 23.7 Å². The molecule has 2 fully saturated rings.